The highest BCUT2D eigenvalue weighted by atomic mass is 19.1. The topological polar surface area (TPSA) is 32.3 Å². The van der Waals surface area contributed by atoms with Crippen LogP contribution >= 0.6 is 0 Å². The number of hydrogen-bond donors (Lipinski definition) is 2. The molecule has 1 unspecified atom stereocenters. The third kappa shape index (κ3) is 3.09. The van der Waals surface area contributed by atoms with Gasteiger partial charge in [0.2, 0.25) is 0 Å². The summed E-state index contributed by atoms with van der Waals surface area (Å²) in [6.07, 6.45) is 0. The molecule has 0 aliphatic carbocycles. The van der Waals surface area contributed by atoms with Crippen LogP contribution in [0.1, 0.15) is 24.1 Å². The van der Waals surface area contributed by atoms with Crippen molar-refractivity contribution in [1.82, 2.24) is 0 Å². The highest BCUT2D eigenvalue weighted by Gasteiger charge is 2.15. The van der Waals surface area contributed by atoms with Crippen molar-refractivity contribution in [2.45, 2.75) is 19.6 Å². The molecule has 0 spiro atoms. The molecule has 0 bridgehead atoms. The summed E-state index contributed by atoms with van der Waals surface area (Å²) >= 11 is 0. The Hall–Kier alpha value is -1.94. The summed E-state index contributed by atoms with van der Waals surface area (Å²) in [6, 6.07) is 10.4. The molecule has 0 heterocycles. The third-order valence-electron chi connectivity index (χ3n) is 2.93. The first-order valence-electron chi connectivity index (χ1n) is 6.02. The van der Waals surface area contributed by atoms with E-state index in [-0.39, 0.29) is 12.2 Å². The molecule has 2 N–H and O–H groups in total. The number of halogens is 2. The number of hydrogen-bond acceptors (Lipinski definition) is 2. The maximum absolute atomic E-state index is 13.6. The maximum Gasteiger partial charge on any atom is 0.131 e. The van der Waals surface area contributed by atoms with Gasteiger partial charge in [-0.3, -0.25) is 0 Å². The molecular formula is C15H15F2NO. The van der Waals surface area contributed by atoms with Crippen LogP contribution in [0.4, 0.5) is 14.5 Å². The fourth-order valence-corrected chi connectivity index (χ4v) is 2.01. The molecule has 0 saturated carbocycles. The standard InChI is InChI=1S/C15H15F2NO/c1-10(15-13(16)6-3-7-14(15)17)18-12-5-2-4-11(8-12)9-19/h2-8,10,18-19H,9H2,1H3. The molecule has 100 valence electrons. The summed E-state index contributed by atoms with van der Waals surface area (Å²) in [5, 5.41) is 12.1. The molecule has 0 aliphatic rings. The molecule has 0 aromatic heterocycles. The molecule has 2 aromatic rings. The molecule has 1 atom stereocenters. The molecule has 0 fully saturated rings. The second-order valence-corrected chi connectivity index (χ2v) is 4.36. The molecule has 0 amide bonds. The first-order chi connectivity index (χ1) is 9.11. The van der Waals surface area contributed by atoms with E-state index < -0.39 is 17.7 Å². The van der Waals surface area contributed by atoms with Gasteiger partial charge in [-0.05, 0) is 36.8 Å². The molecule has 2 nitrogen and oxygen atoms in total. The summed E-state index contributed by atoms with van der Waals surface area (Å²) < 4.78 is 27.3. The number of aliphatic hydroxyl groups excluding tert-OH is 1. The molecule has 0 saturated heterocycles. The SMILES string of the molecule is CC(Nc1cccc(CO)c1)c1c(F)cccc1F. The van der Waals surface area contributed by atoms with Crippen LogP contribution in [0.5, 0.6) is 0 Å². The fraction of sp³-hybridized carbons (Fsp3) is 0.200. The van der Waals surface area contributed by atoms with E-state index in [1.165, 1.54) is 18.2 Å². The lowest BCUT2D eigenvalue weighted by molar-refractivity contribution is 0.282. The van der Waals surface area contributed by atoms with Gasteiger partial charge in [0.05, 0.1) is 12.6 Å². The predicted molar refractivity (Wildman–Crippen MR) is 70.8 cm³/mol. The van der Waals surface area contributed by atoms with E-state index in [0.717, 1.165) is 5.56 Å². The summed E-state index contributed by atoms with van der Waals surface area (Å²) in [5.74, 6) is -1.14. The Balaban J connectivity index is 2.23. The van der Waals surface area contributed by atoms with Crippen LogP contribution in [-0.2, 0) is 6.61 Å². The van der Waals surface area contributed by atoms with Crippen LogP contribution < -0.4 is 5.32 Å². The molecule has 2 aromatic carbocycles. The van der Waals surface area contributed by atoms with Crippen LogP contribution in [0.15, 0.2) is 42.5 Å². The number of nitrogens with one attached hydrogen (secondary N) is 1. The first-order valence-corrected chi connectivity index (χ1v) is 6.02. The lowest BCUT2D eigenvalue weighted by Crippen LogP contribution is -2.11. The van der Waals surface area contributed by atoms with E-state index in [2.05, 4.69) is 5.32 Å². The van der Waals surface area contributed by atoms with Gasteiger partial charge in [-0.1, -0.05) is 18.2 Å². The van der Waals surface area contributed by atoms with E-state index in [1.807, 2.05) is 0 Å². The first kappa shape index (κ1) is 13.5. The van der Waals surface area contributed by atoms with Crippen molar-refractivity contribution >= 4 is 5.69 Å². The second kappa shape index (κ2) is 5.80. The molecule has 0 radical (unpaired) electrons. The van der Waals surface area contributed by atoms with Crippen molar-refractivity contribution < 1.29 is 13.9 Å². The summed E-state index contributed by atoms with van der Waals surface area (Å²) in [7, 11) is 0. The van der Waals surface area contributed by atoms with Crippen molar-refractivity contribution in [2.24, 2.45) is 0 Å². The van der Waals surface area contributed by atoms with Crippen molar-refractivity contribution in [3.8, 4) is 0 Å². The Labute approximate surface area is 110 Å². The summed E-state index contributed by atoms with van der Waals surface area (Å²) in [5.41, 5.74) is 1.46. The monoisotopic (exact) mass is 263 g/mol. The average molecular weight is 263 g/mol. The van der Waals surface area contributed by atoms with E-state index >= 15 is 0 Å². The van der Waals surface area contributed by atoms with Gasteiger partial charge in [-0.2, -0.15) is 0 Å². The van der Waals surface area contributed by atoms with Gasteiger partial charge in [0.25, 0.3) is 0 Å². The minimum atomic E-state index is -0.571. The van der Waals surface area contributed by atoms with Gasteiger partial charge >= 0.3 is 0 Å². The molecule has 4 heteroatoms. The summed E-state index contributed by atoms with van der Waals surface area (Å²) in [4.78, 5) is 0. The zero-order chi connectivity index (χ0) is 13.8. The van der Waals surface area contributed by atoms with Crippen molar-refractivity contribution in [2.75, 3.05) is 5.32 Å². The largest absolute Gasteiger partial charge is 0.392 e. The number of rotatable bonds is 4. The van der Waals surface area contributed by atoms with Gasteiger partial charge in [0, 0.05) is 11.3 Å². The van der Waals surface area contributed by atoms with E-state index in [0.29, 0.717) is 5.69 Å². The van der Waals surface area contributed by atoms with Gasteiger partial charge < -0.3 is 10.4 Å². The minimum absolute atomic E-state index is 0.0110. The zero-order valence-corrected chi connectivity index (χ0v) is 10.5. The van der Waals surface area contributed by atoms with Crippen molar-refractivity contribution in [3.05, 3.63) is 65.2 Å². The lowest BCUT2D eigenvalue weighted by Gasteiger charge is -2.17. The summed E-state index contributed by atoms with van der Waals surface area (Å²) in [6.45, 7) is 1.62. The maximum atomic E-state index is 13.6. The normalized spacial score (nSPS) is 12.2. The van der Waals surface area contributed by atoms with Crippen molar-refractivity contribution in [3.63, 3.8) is 0 Å². The predicted octanol–water partition coefficient (Wildman–Crippen LogP) is 3.63. The molecule has 0 aliphatic heterocycles. The molecule has 2 rings (SSSR count). The van der Waals surface area contributed by atoms with Gasteiger partial charge in [0.1, 0.15) is 11.6 Å². The fourth-order valence-electron chi connectivity index (χ4n) is 2.01. The average Bonchev–Trinajstić information content (AvgIpc) is 2.38. The van der Waals surface area contributed by atoms with Crippen LogP contribution in [-0.4, -0.2) is 5.11 Å². The Kier molecular flexibility index (Phi) is 4.12. The smallest absolute Gasteiger partial charge is 0.131 e. The van der Waals surface area contributed by atoms with E-state index in [1.54, 1.807) is 31.2 Å². The van der Waals surface area contributed by atoms with Gasteiger partial charge in [-0.25, -0.2) is 8.78 Å². The highest BCUT2D eigenvalue weighted by molar-refractivity contribution is 5.47. The molecule has 19 heavy (non-hydrogen) atoms. The van der Waals surface area contributed by atoms with Gasteiger partial charge in [0.15, 0.2) is 0 Å². The minimum Gasteiger partial charge on any atom is -0.392 e. The number of anilines is 1. The second-order valence-electron chi connectivity index (χ2n) is 4.36. The Morgan fingerprint density at radius 1 is 1.11 bits per heavy atom. The highest BCUT2D eigenvalue weighted by Crippen LogP contribution is 2.24. The van der Waals surface area contributed by atoms with Crippen LogP contribution in [0.2, 0.25) is 0 Å². The lowest BCUT2D eigenvalue weighted by atomic mass is 10.1. The Morgan fingerprint density at radius 2 is 1.74 bits per heavy atom. The van der Waals surface area contributed by atoms with Crippen molar-refractivity contribution in [1.29, 1.82) is 0 Å². The molecular weight excluding hydrogens is 248 g/mol. The van der Waals surface area contributed by atoms with Gasteiger partial charge in [-0.15, -0.1) is 0 Å². The van der Waals surface area contributed by atoms with Crippen LogP contribution in [0.25, 0.3) is 0 Å². The Morgan fingerprint density at radius 3 is 2.37 bits per heavy atom. The van der Waals surface area contributed by atoms with E-state index in [4.69, 9.17) is 5.11 Å². The third-order valence-corrected chi connectivity index (χ3v) is 2.93. The van der Waals surface area contributed by atoms with Crippen LogP contribution in [0.3, 0.4) is 0 Å². The van der Waals surface area contributed by atoms with Crippen LogP contribution in [0, 0.1) is 11.6 Å². The number of benzene rings is 2. The quantitative estimate of drug-likeness (QED) is 0.882. The number of aliphatic hydroxyl groups is 1. The van der Waals surface area contributed by atoms with E-state index in [9.17, 15) is 8.78 Å². The zero-order valence-electron chi connectivity index (χ0n) is 10.5. The Bertz CT molecular complexity index is 552.